The lowest BCUT2D eigenvalue weighted by Gasteiger charge is -2.28. The minimum atomic E-state index is -4.64. The van der Waals surface area contributed by atoms with Gasteiger partial charge in [-0.15, -0.1) is 0 Å². The number of phosphoric acid groups is 1. The number of carbonyl (C=O) groups is 2. The number of nitrogens with zero attached hydrogens (tertiary/aromatic N) is 1. The van der Waals surface area contributed by atoms with E-state index in [0.717, 1.165) is 77.0 Å². The molecule has 0 aliphatic carbocycles. The van der Waals surface area contributed by atoms with Crippen molar-refractivity contribution in [2.45, 2.75) is 328 Å². The fraction of sp³-hybridized carbons (Fsp3) is 0.806. The van der Waals surface area contributed by atoms with Crippen molar-refractivity contribution < 1.29 is 42.1 Å². The van der Waals surface area contributed by atoms with Crippen LogP contribution in [0.5, 0.6) is 0 Å². The van der Waals surface area contributed by atoms with Crippen molar-refractivity contribution in [3.8, 4) is 0 Å². The maximum atomic E-state index is 12.8. The molecule has 10 heteroatoms. The number of unbranched alkanes of at least 4 members (excludes halogenated alkanes) is 38. The van der Waals surface area contributed by atoms with Gasteiger partial charge in [-0.25, -0.2) is 0 Å². The maximum Gasteiger partial charge on any atom is 0.306 e. The van der Waals surface area contributed by atoms with Crippen molar-refractivity contribution in [1.29, 1.82) is 0 Å². The summed E-state index contributed by atoms with van der Waals surface area (Å²) in [5.74, 6) is -0.832. The van der Waals surface area contributed by atoms with Crippen molar-refractivity contribution >= 4 is 19.8 Å². The van der Waals surface area contributed by atoms with Crippen LogP contribution in [0.1, 0.15) is 322 Å². The molecule has 0 amide bonds. The molecular formula is C72H132NO8P. The molecule has 0 aromatic rings. The summed E-state index contributed by atoms with van der Waals surface area (Å²) in [6.45, 7) is 4.14. The molecule has 0 radical (unpaired) electrons. The molecule has 0 rings (SSSR count). The number of phosphoric ester groups is 1. The molecule has 0 aliphatic rings. The normalized spacial score (nSPS) is 13.6. The van der Waals surface area contributed by atoms with Gasteiger partial charge in [0, 0.05) is 12.8 Å². The third kappa shape index (κ3) is 66.6. The lowest BCUT2D eigenvalue weighted by molar-refractivity contribution is -0.870. The molecule has 2 atom stereocenters. The molecule has 0 N–H and O–H groups in total. The number of ether oxygens (including phenoxy) is 2. The predicted molar refractivity (Wildman–Crippen MR) is 351 cm³/mol. The quantitative estimate of drug-likeness (QED) is 0.0195. The largest absolute Gasteiger partial charge is 0.756 e. The zero-order valence-electron chi connectivity index (χ0n) is 54.4. The van der Waals surface area contributed by atoms with Crippen LogP contribution in [0, 0.1) is 0 Å². The number of hydrogen-bond donors (Lipinski definition) is 0. The summed E-state index contributed by atoms with van der Waals surface area (Å²) < 4.78 is 34.3. The second kappa shape index (κ2) is 63.0. The number of rotatable bonds is 64. The van der Waals surface area contributed by atoms with Crippen LogP contribution in [0.3, 0.4) is 0 Å². The molecule has 0 aromatic carbocycles. The number of carbonyl (C=O) groups excluding carboxylic acids is 2. The number of likely N-dealkylation sites (N-methyl/N-ethyl adjacent to an activating group) is 1. The Bertz CT molecular complexity index is 1610. The highest BCUT2D eigenvalue weighted by Gasteiger charge is 2.22. The van der Waals surface area contributed by atoms with Gasteiger partial charge >= 0.3 is 11.9 Å². The number of esters is 2. The third-order valence-electron chi connectivity index (χ3n) is 15.2. The van der Waals surface area contributed by atoms with Gasteiger partial charge in [-0.3, -0.25) is 14.2 Å². The molecule has 0 saturated heterocycles. The van der Waals surface area contributed by atoms with Gasteiger partial charge in [-0.1, -0.05) is 299 Å². The third-order valence-corrected chi connectivity index (χ3v) is 16.2. The van der Waals surface area contributed by atoms with Gasteiger partial charge in [0.2, 0.25) is 0 Å². The van der Waals surface area contributed by atoms with Crippen molar-refractivity contribution in [3.05, 3.63) is 72.9 Å². The van der Waals surface area contributed by atoms with Crippen LogP contribution < -0.4 is 4.89 Å². The molecule has 0 bridgehead atoms. The van der Waals surface area contributed by atoms with Gasteiger partial charge in [0.05, 0.1) is 27.7 Å². The van der Waals surface area contributed by atoms with E-state index < -0.39 is 26.5 Å². The smallest absolute Gasteiger partial charge is 0.306 e. The number of hydrogen-bond acceptors (Lipinski definition) is 8. The Balaban J connectivity index is 3.95. The molecular weight excluding hydrogens is 1040 g/mol. The molecule has 478 valence electrons. The first kappa shape index (κ1) is 79.5. The van der Waals surface area contributed by atoms with E-state index in [9.17, 15) is 19.0 Å². The minimum Gasteiger partial charge on any atom is -0.756 e. The topological polar surface area (TPSA) is 111 Å². The van der Waals surface area contributed by atoms with Gasteiger partial charge in [-0.2, -0.15) is 0 Å². The average molecular weight is 1170 g/mol. The molecule has 0 heterocycles. The minimum absolute atomic E-state index is 0.0335. The highest BCUT2D eigenvalue weighted by atomic mass is 31.2. The van der Waals surface area contributed by atoms with Crippen LogP contribution in [0.4, 0.5) is 0 Å². The fourth-order valence-corrected chi connectivity index (χ4v) is 10.6. The highest BCUT2D eigenvalue weighted by molar-refractivity contribution is 7.45. The van der Waals surface area contributed by atoms with Crippen LogP contribution in [-0.4, -0.2) is 70.0 Å². The van der Waals surface area contributed by atoms with E-state index in [4.69, 9.17) is 18.5 Å². The monoisotopic (exact) mass is 1170 g/mol. The Morgan fingerprint density at radius 2 is 0.695 bits per heavy atom. The molecule has 0 saturated carbocycles. The van der Waals surface area contributed by atoms with Gasteiger partial charge in [0.1, 0.15) is 19.8 Å². The van der Waals surface area contributed by atoms with Gasteiger partial charge in [0.25, 0.3) is 7.82 Å². The predicted octanol–water partition coefficient (Wildman–Crippen LogP) is 21.8. The Morgan fingerprint density at radius 1 is 0.390 bits per heavy atom. The van der Waals surface area contributed by atoms with Crippen molar-refractivity contribution in [2.24, 2.45) is 0 Å². The van der Waals surface area contributed by atoms with Crippen molar-refractivity contribution in [2.75, 3.05) is 47.5 Å². The lowest BCUT2D eigenvalue weighted by Crippen LogP contribution is -2.37. The molecule has 0 aliphatic heterocycles. The molecule has 0 spiro atoms. The fourth-order valence-electron chi connectivity index (χ4n) is 9.92. The average Bonchev–Trinajstić information content (AvgIpc) is 3.46. The highest BCUT2D eigenvalue weighted by Crippen LogP contribution is 2.38. The number of allylic oxidation sites excluding steroid dienone is 12. The SMILES string of the molecule is CC/C=C\C/C=C\C/C=C\C/C=C\CCCCCCCCCCC(=O)OC(COC(=O)CCCCCCCCCCCCCCCCCCCCCCCCCCC/C=C\C/C=C\CCCCCCC)COP(=O)([O-])OCC[N+](C)(C)C. The van der Waals surface area contributed by atoms with Crippen LogP contribution in [0.15, 0.2) is 72.9 Å². The summed E-state index contributed by atoms with van der Waals surface area (Å²) in [5.41, 5.74) is 0. The first-order valence-corrected chi connectivity index (χ1v) is 36.1. The Kier molecular flexibility index (Phi) is 61.0. The first-order chi connectivity index (χ1) is 40.0. The molecule has 9 nitrogen and oxygen atoms in total. The van der Waals surface area contributed by atoms with E-state index in [2.05, 4.69) is 86.8 Å². The Hall–Kier alpha value is -2.55. The van der Waals surface area contributed by atoms with Gasteiger partial charge < -0.3 is 27.9 Å². The molecule has 2 unspecified atom stereocenters. The second-order valence-electron chi connectivity index (χ2n) is 24.5. The summed E-state index contributed by atoms with van der Waals surface area (Å²) >= 11 is 0. The zero-order chi connectivity index (χ0) is 59.8. The number of quaternary nitrogens is 1. The summed E-state index contributed by atoms with van der Waals surface area (Å²) in [7, 11) is 1.17. The summed E-state index contributed by atoms with van der Waals surface area (Å²) in [5, 5.41) is 0. The first-order valence-electron chi connectivity index (χ1n) is 34.6. The Labute approximate surface area is 508 Å². The van der Waals surface area contributed by atoms with E-state index in [1.165, 1.54) is 212 Å². The van der Waals surface area contributed by atoms with E-state index in [1.54, 1.807) is 0 Å². The summed E-state index contributed by atoms with van der Waals surface area (Å²) in [6.07, 6.45) is 84.2. The molecule has 0 fully saturated rings. The standard InChI is InChI=1S/C72H132NO8P/c1-6-8-10-12-14-16-18-20-22-24-26-28-29-30-31-32-33-34-35-36-37-38-39-40-41-42-43-45-46-48-50-52-54-56-58-60-62-64-71(74)78-68-70(69-80-82(76,77)79-67-66-73(3,4)5)81-72(75)65-63-61-59-57-55-53-51-49-47-44-27-25-23-21-19-17-15-13-11-9-7-2/h9,11,15,17-18,20-21,23-24,26-27,44,70H,6-8,10,12-14,16,19,22,25,28-43,45-69H2,1-5H3/b11-9-,17-15-,20-18-,23-21-,26-24-,44-27-. The summed E-state index contributed by atoms with van der Waals surface area (Å²) in [4.78, 5) is 38.0. The van der Waals surface area contributed by atoms with Crippen LogP contribution >= 0.6 is 7.82 Å². The maximum absolute atomic E-state index is 12.8. The second-order valence-corrected chi connectivity index (χ2v) is 25.9. The van der Waals surface area contributed by atoms with Crippen LogP contribution in [0.2, 0.25) is 0 Å². The van der Waals surface area contributed by atoms with Crippen LogP contribution in [-0.2, 0) is 32.7 Å². The van der Waals surface area contributed by atoms with Gasteiger partial charge in [0.15, 0.2) is 6.10 Å². The Morgan fingerprint density at radius 3 is 1.04 bits per heavy atom. The van der Waals surface area contributed by atoms with E-state index in [1.807, 2.05) is 21.1 Å². The lowest BCUT2D eigenvalue weighted by atomic mass is 10.0. The van der Waals surface area contributed by atoms with E-state index >= 15 is 0 Å². The van der Waals surface area contributed by atoms with Gasteiger partial charge in [-0.05, 0) is 83.5 Å². The van der Waals surface area contributed by atoms with Crippen LogP contribution in [0.25, 0.3) is 0 Å². The van der Waals surface area contributed by atoms with E-state index in [0.29, 0.717) is 17.4 Å². The zero-order valence-corrected chi connectivity index (χ0v) is 55.3. The van der Waals surface area contributed by atoms with Crippen molar-refractivity contribution in [1.82, 2.24) is 0 Å². The molecule has 82 heavy (non-hydrogen) atoms. The van der Waals surface area contributed by atoms with Crippen molar-refractivity contribution in [3.63, 3.8) is 0 Å². The van der Waals surface area contributed by atoms with E-state index in [-0.39, 0.29) is 32.0 Å². The summed E-state index contributed by atoms with van der Waals surface area (Å²) in [6, 6.07) is 0. The molecule has 0 aromatic heterocycles.